The van der Waals surface area contributed by atoms with Crippen molar-refractivity contribution in [3.05, 3.63) is 70.3 Å². The Hall–Kier alpha value is -2.27. The highest BCUT2D eigenvalue weighted by atomic mass is 79.9. The summed E-state index contributed by atoms with van der Waals surface area (Å²) in [6.45, 7) is 1.34. The van der Waals surface area contributed by atoms with Crippen LogP contribution in [0.5, 0.6) is 0 Å². The summed E-state index contributed by atoms with van der Waals surface area (Å²) in [4.78, 5) is 11.7. The minimum absolute atomic E-state index is 0.0656. The van der Waals surface area contributed by atoms with Gasteiger partial charge in [0.2, 0.25) is 0 Å². The molecule has 1 N–H and O–H groups in total. The standard InChI is InChI=1S/C16H13BrN2O2/c1-11(20)15(16(21)12-5-3-2-4-6-12)19-18-14-9-7-13(17)8-10-14/h2-10,21H,1H3/b16-15+,19-18?. The van der Waals surface area contributed by atoms with Crippen LogP contribution in [0.2, 0.25) is 0 Å². The number of ketones is 1. The summed E-state index contributed by atoms with van der Waals surface area (Å²) in [5.41, 5.74) is 1.05. The molecule has 0 saturated heterocycles. The first-order chi connectivity index (χ1) is 10.1. The number of allylic oxidation sites excluding steroid dienone is 1. The van der Waals surface area contributed by atoms with Crippen molar-refractivity contribution in [3.63, 3.8) is 0 Å². The average Bonchev–Trinajstić information content (AvgIpc) is 2.49. The van der Waals surface area contributed by atoms with Crippen LogP contribution in [0.25, 0.3) is 5.76 Å². The first kappa shape index (κ1) is 15.1. The lowest BCUT2D eigenvalue weighted by atomic mass is 10.1. The smallest absolute Gasteiger partial charge is 0.183 e. The number of rotatable bonds is 4. The van der Waals surface area contributed by atoms with Gasteiger partial charge in [-0.1, -0.05) is 46.3 Å². The molecule has 0 aliphatic rings. The van der Waals surface area contributed by atoms with Crippen LogP contribution in [-0.4, -0.2) is 10.9 Å². The Balaban J connectivity index is 2.36. The number of carbonyl (C=O) groups is 1. The third kappa shape index (κ3) is 4.10. The molecule has 0 saturated carbocycles. The summed E-state index contributed by atoms with van der Waals surface area (Å²) in [6.07, 6.45) is 0. The van der Waals surface area contributed by atoms with Crippen LogP contribution in [0, 0.1) is 0 Å². The van der Waals surface area contributed by atoms with E-state index in [0.29, 0.717) is 11.3 Å². The number of azo groups is 1. The van der Waals surface area contributed by atoms with Crippen LogP contribution >= 0.6 is 15.9 Å². The molecule has 106 valence electrons. The molecule has 2 rings (SSSR count). The number of benzene rings is 2. The van der Waals surface area contributed by atoms with E-state index in [1.54, 1.807) is 36.4 Å². The van der Waals surface area contributed by atoms with Crippen molar-refractivity contribution in [2.45, 2.75) is 6.92 Å². The molecule has 0 unspecified atom stereocenters. The average molecular weight is 345 g/mol. The SMILES string of the molecule is CC(=O)/C(N=Nc1ccc(Br)cc1)=C(\O)c1ccccc1. The second kappa shape index (κ2) is 6.95. The largest absolute Gasteiger partial charge is 0.505 e. The number of Topliss-reactive ketones (excluding diaryl/α,β-unsaturated/α-hetero) is 1. The van der Waals surface area contributed by atoms with E-state index in [2.05, 4.69) is 26.2 Å². The van der Waals surface area contributed by atoms with E-state index in [9.17, 15) is 9.90 Å². The summed E-state index contributed by atoms with van der Waals surface area (Å²) < 4.78 is 0.927. The molecule has 0 atom stereocenters. The van der Waals surface area contributed by atoms with Gasteiger partial charge in [0.05, 0.1) is 5.69 Å². The van der Waals surface area contributed by atoms with E-state index in [4.69, 9.17) is 0 Å². The molecule has 0 bridgehead atoms. The van der Waals surface area contributed by atoms with Gasteiger partial charge in [0.25, 0.3) is 0 Å². The lowest BCUT2D eigenvalue weighted by Crippen LogP contribution is -1.98. The van der Waals surface area contributed by atoms with Crippen molar-refractivity contribution in [1.82, 2.24) is 0 Å². The van der Waals surface area contributed by atoms with Crippen LogP contribution in [-0.2, 0) is 4.79 Å². The van der Waals surface area contributed by atoms with Crippen molar-refractivity contribution in [2.24, 2.45) is 10.2 Å². The molecule has 0 amide bonds. The van der Waals surface area contributed by atoms with Gasteiger partial charge in [0.15, 0.2) is 17.2 Å². The number of aliphatic hydroxyl groups is 1. The molecule has 0 aliphatic carbocycles. The van der Waals surface area contributed by atoms with Crippen molar-refractivity contribution in [1.29, 1.82) is 0 Å². The minimum Gasteiger partial charge on any atom is -0.505 e. The van der Waals surface area contributed by atoms with Crippen LogP contribution < -0.4 is 0 Å². The van der Waals surface area contributed by atoms with Gasteiger partial charge in [-0.05, 0) is 24.3 Å². The van der Waals surface area contributed by atoms with E-state index in [0.717, 1.165) is 4.47 Å². The van der Waals surface area contributed by atoms with E-state index >= 15 is 0 Å². The molecule has 2 aromatic carbocycles. The monoisotopic (exact) mass is 344 g/mol. The first-order valence-corrected chi connectivity index (χ1v) is 7.04. The Labute approximate surface area is 131 Å². The van der Waals surface area contributed by atoms with E-state index in [-0.39, 0.29) is 17.2 Å². The van der Waals surface area contributed by atoms with E-state index < -0.39 is 0 Å². The van der Waals surface area contributed by atoms with E-state index in [1.807, 2.05) is 18.2 Å². The Morgan fingerprint density at radius 2 is 1.67 bits per heavy atom. The highest BCUT2D eigenvalue weighted by Gasteiger charge is 2.12. The third-order valence-electron chi connectivity index (χ3n) is 2.70. The van der Waals surface area contributed by atoms with Gasteiger partial charge >= 0.3 is 0 Å². The quantitative estimate of drug-likeness (QED) is 0.479. The second-order valence-corrected chi connectivity index (χ2v) is 5.21. The zero-order valence-electron chi connectivity index (χ0n) is 11.3. The van der Waals surface area contributed by atoms with Crippen molar-refractivity contribution >= 4 is 33.2 Å². The molecule has 2 aromatic rings. The Morgan fingerprint density at radius 3 is 2.24 bits per heavy atom. The molecule has 5 heteroatoms. The Bertz CT molecular complexity index is 692. The molecule has 0 fully saturated rings. The predicted molar refractivity (Wildman–Crippen MR) is 85.3 cm³/mol. The summed E-state index contributed by atoms with van der Waals surface area (Å²) in [6, 6.07) is 15.9. The zero-order chi connectivity index (χ0) is 15.2. The molecule has 21 heavy (non-hydrogen) atoms. The molecular formula is C16H13BrN2O2. The number of hydrogen-bond donors (Lipinski definition) is 1. The predicted octanol–water partition coefficient (Wildman–Crippen LogP) is 5.05. The fourth-order valence-corrected chi connectivity index (χ4v) is 1.90. The number of hydrogen-bond acceptors (Lipinski definition) is 4. The zero-order valence-corrected chi connectivity index (χ0v) is 12.9. The van der Waals surface area contributed by atoms with Gasteiger partial charge in [-0.3, -0.25) is 4.79 Å². The summed E-state index contributed by atoms with van der Waals surface area (Å²) in [5.74, 6) is -0.527. The van der Waals surface area contributed by atoms with Crippen molar-refractivity contribution in [3.8, 4) is 0 Å². The van der Waals surface area contributed by atoms with Crippen LogP contribution in [0.4, 0.5) is 5.69 Å². The highest BCUT2D eigenvalue weighted by molar-refractivity contribution is 9.10. The lowest BCUT2D eigenvalue weighted by Gasteiger charge is -2.03. The fraction of sp³-hybridized carbons (Fsp3) is 0.0625. The van der Waals surface area contributed by atoms with Gasteiger partial charge in [-0.2, -0.15) is 5.11 Å². The van der Waals surface area contributed by atoms with Gasteiger partial charge < -0.3 is 5.11 Å². The van der Waals surface area contributed by atoms with Gasteiger partial charge in [0, 0.05) is 17.0 Å². The number of carbonyl (C=O) groups excluding carboxylic acids is 1. The van der Waals surface area contributed by atoms with Crippen molar-refractivity contribution < 1.29 is 9.90 Å². The minimum atomic E-state index is -0.350. The molecule has 0 spiro atoms. The number of nitrogens with zero attached hydrogens (tertiary/aromatic N) is 2. The normalized spacial score (nSPS) is 12.3. The van der Waals surface area contributed by atoms with Crippen LogP contribution in [0.3, 0.4) is 0 Å². The third-order valence-corrected chi connectivity index (χ3v) is 3.23. The van der Waals surface area contributed by atoms with Crippen molar-refractivity contribution in [2.75, 3.05) is 0 Å². The molecule has 0 aromatic heterocycles. The van der Waals surface area contributed by atoms with Crippen LogP contribution in [0.15, 0.2) is 75.0 Å². The highest BCUT2D eigenvalue weighted by Crippen LogP contribution is 2.21. The Morgan fingerprint density at radius 1 is 1.05 bits per heavy atom. The maximum atomic E-state index is 11.7. The van der Waals surface area contributed by atoms with E-state index in [1.165, 1.54) is 6.92 Å². The molecule has 0 heterocycles. The molecule has 0 aliphatic heterocycles. The maximum Gasteiger partial charge on any atom is 0.183 e. The number of aliphatic hydroxyl groups excluding tert-OH is 1. The summed E-state index contributed by atoms with van der Waals surface area (Å²) in [5, 5.41) is 18.0. The maximum absolute atomic E-state index is 11.7. The molecule has 4 nitrogen and oxygen atoms in total. The Kier molecular flexibility index (Phi) is 5.00. The fourth-order valence-electron chi connectivity index (χ4n) is 1.63. The molecule has 0 radical (unpaired) electrons. The summed E-state index contributed by atoms with van der Waals surface area (Å²) in [7, 11) is 0. The van der Waals surface area contributed by atoms with Gasteiger partial charge in [-0.25, -0.2) is 0 Å². The number of halogens is 1. The first-order valence-electron chi connectivity index (χ1n) is 6.25. The topological polar surface area (TPSA) is 62.0 Å². The summed E-state index contributed by atoms with van der Waals surface area (Å²) >= 11 is 3.33. The molecular weight excluding hydrogens is 332 g/mol. The van der Waals surface area contributed by atoms with Gasteiger partial charge in [-0.15, -0.1) is 5.11 Å². The van der Waals surface area contributed by atoms with Crippen LogP contribution in [0.1, 0.15) is 12.5 Å². The second-order valence-electron chi connectivity index (χ2n) is 4.30. The lowest BCUT2D eigenvalue weighted by molar-refractivity contribution is -0.113. The van der Waals surface area contributed by atoms with Gasteiger partial charge in [0.1, 0.15) is 0 Å².